The Labute approximate surface area is 144 Å². The fourth-order valence-corrected chi connectivity index (χ4v) is 2.08. The molecular weight excluding hydrogens is 370 g/mol. The highest BCUT2D eigenvalue weighted by molar-refractivity contribution is 6.33. The molecule has 1 N–H and O–H groups in total. The van der Waals surface area contributed by atoms with E-state index in [1.807, 2.05) is 0 Å². The van der Waals surface area contributed by atoms with Crippen LogP contribution in [0, 0.1) is 0 Å². The largest absolute Gasteiger partial charge is 0.416 e. The summed E-state index contributed by atoms with van der Waals surface area (Å²) in [6.45, 7) is 1.42. The van der Waals surface area contributed by atoms with E-state index < -0.39 is 23.5 Å². The predicted octanol–water partition coefficient (Wildman–Crippen LogP) is 6.21. The third-order valence-electron chi connectivity index (χ3n) is 3.25. The molecule has 2 aromatic carbocycles. The molecule has 0 aromatic heterocycles. The third-order valence-corrected chi connectivity index (χ3v) is 3.58. The molecule has 25 heavy (non-hydrogen) atoms. The molecule has 2 nitrogen and oxygen atoms in total. The zero-order valence-electron chi connectivity index (χ0n) is 12.6. The number of halogens is 7. The van der Waals surface area contributed by atoms with Crippen LogP contribution in [-0.4, -0.2) is 5.71 Å². The summed E-state index contributed by atoms with van der Waals surface area (Å²) in [6.07, 6.45) is -9.06. The lowest BCUT2D eigenvalue weighted by molar-refractivity contribution is -0.138. The van der Waals surface area contributed by atoms with Crippen molar-refractivity contribution >= 4 is 23.0 Å². The second kappa shape index (κ2) is 6.95. The van der Waals surface area contributed by atoms with Crippen molar-refractivity contribution in [3.63, 3.8) is 0 Å². The molecule has 0 spiro atoms. The molecule has 0 amide bonds. The van der Waals surface area contributed by atoms with Gasteiger partial charge in [-0.05, 0) is 42.8 Å². The van der Waals surface area contributed by atoms with Crippen LogP contribution in [-0.2, 0) is 12.4 Å². The predicted molar refractivity (Wildman–Crippen MR) is 83.7 cm³/mol. The van der Waals surface area contributed by atoms with Crippen molar-refractivity contribution in [3.8, 4) is 0 Å². The van der Waals surface area contributed by atoms with Crippen molar-refractivity contribution in [1.82, 2.24) is 0 Å². The van der Waals surface area contributed by atoms with Gasteiger partial charge in [-0.3, -0.25) is 5.43 Å². The number of anilines is 1. The Morgan fingerprint density at radius 1 is 0.920 bits per heavy atom. The molecule has 0 bridgehead atoms. The monoisotopic (exact) mass is 380 g/mol. The average molecular weight is 381 g/mol. The number of nitrogens with one attached hydrogen (secondary N) is 1. The Kier molecular flexibility index (Phi) is 5.31. The van der Waals surface area contributed by atoms with Gasteiger partial charge in [0, 0.05) is 0 Å². The molecule has 0 atom stereocenters. The molecule has 0 saturated carbocycles. The first-order valence-electron chi connectivity index (χ1n) is 6.83. The fourth-order valence-electron chi connectivity index (χ4n) is 1.92. The number of benzene rings is 2. The molecule has 0 aliphatic heterocycles. The van der Waals surface area contributed by atoms with Crippen molar-refractivity contribution in [3.05, 3.63) is 64.2 Å². The Morgan fingerprint density at radius 3 is 2.12 bits per heavy atom. The number of hydrogen-bond donors (Lipinski definition) is 1. The van der Waals surface area contributed by atoms with Crippen LogP contribution in [0.15, 0.2) is 47.6 Å². The zero-order valence-corrected chi connectivity index (χ0v) is 13.4. The van der Waals surface area contributed by atoms with Crippen molar-refractivity contribution < 1.29 is 26.3 Å². The van der Waals surface area contributed by atoms with Crippen molar-refractivity contribution in [2.75, 3.05) is 5.43 Å². The van der Waals surface area contributed by atoms with Gasteiger partial charge in [0.2, 0.25) is 0 Å². The topological polar surface area (TPSA) is 24.4 Å². The average Bonchev–Trinajstić information content (AvgIpc) is 2.52. The highest BCUT2D eigenvalue weighted by Gasteiger charge is 2.31. The summed E-state index contributed by atoms with van der Waals surface area (Å²) < 4.78 is 76.3. The lowest BCUT2D eigenvalue weighted by Crippen LogP contribution is -2.08. The van der Waals surface area contributed by atoms with Gasteiger partial charge in [0.15, 0.2) is 0 Å². The maximum atomic E-state index is 12.7. The van der Waals surface area contributed by atoms with Gasteiger partial charge < -0.3 is 0 Å². The Bertz CT molecular complexity index is 796. The Balaban J connectivity index is 2.28. The highest BCUT2D eigenvalue weighted by Crippen LogP contribution is 2.34. The molecule has 0 saturated heterocycles. The molecule has 2 aromatic rings. The molecule has 134 valence electrons. The molecular formula is C16H11ClF6N2. The van der Waals surface area contributed by atoms with Gasteiger partial charge in [-0.15, -0.1) is 0 Å². The summed E-state index contributed by atoms with van der Waals surface area (Å²) >= 11 is 5.81. The van der Waals surface area contributed by atoms with Crippen LogP contribution < -0.4 is 5.43 Å². The SMILES string of the molecule is C/C(=N\Nc1cc(C(F)(F)F)ccc1Cl)c1cccc(C(F)(F)F)c1. The summed E-state index contributed by atoms with van der Waals surface area (Å²) in [5.41, 5.74) is 0.797. The molecule has 0 radical (unpaired) electrons. The van der Waals surface area contributed by atoms with E-state index >= 15 is 0 Å². The van der Waals surface area contributed by atoms with Crippen LogP contribution in [0.4, 0.5) is 32.0 Å². The van der Waals surface area contributed by atoms with E-state index in [-0.39, 0.29) is 22.0 Å². The Hall–Kier alpha value is -2.22. The molecule has 0 aliphatic rings. The quantitative estimate of drug-likeness (QED) is 0.382. The minimum atomic E-state index is -4.55. The molecule has 0 unspecified atom stereocenters. The van der Waals surface area contributed by atoms with Crippen LogP contribution in [0.5, 0.6) is 0 Å². The maximum Gasteiger partial charge on any atom is 0.416 e. The van der Waals surface area contributed by atoms with Crippen LogP contribution >= 0.6 is 11.6 Å². The lowest BCUT2D eigenvalue weighted by atomic mass is 10.1. The first-order valence-corrected chi connectivity index (χ1v) is 7.21. The summed E-state index contributed by atoms with van der Waals surface area (Å²) in [5, 5.41) is 3.81. The van der Waals surface area contributed by atoms with E-state index in [1.54, 1.807) is 0 Å². The van der Waals surface area contributed by atoms with E-state index in [4.69, 9.17) is 11.6 Å². The molecule has 0 fully saturated rings. The van der Waals surface area contributed by atoms with Gasteiger partial charge >= 0.3 is 12.4 Å². The smallest absolute Gasteiger partial charge is 0.277 e. The van der Waals surface area contributed by atoms with Crippen LogP contribution in [0.1, 0.15) is 23.6 Å². The van der Waals surface area contributed by atoms with Crippen molar-refractivity contribution in [2.45, 2.75) is 19.3 Å². The second-order valence-electron chi connectivity index (χ2n) is 5.08. The van der Waals surface area contributed by atoms with E-state index in [9.17, 15) is 26.3 Å². The number of rotatable bonds is 3. The number of nitrogens with zero attached hydrogens (tertiary/aromatic N) is 1. The molecule has 2 rings (SSSR count). The second-order valence-corrected chi connectivity index (χ2v) is 5.49. The number of hydrogen-bond acceptors (Lipinski definition) is 2. The minimum Gasteiger partial charge on any atom is -0.277 e. The number of alkyl halides is 6. The normalized spacial score (nSPS) is 13.0. The van der Waals surface area contributed by atoms with E-state index in [2.05, 4.69) is 10.5 Å². The first kappa shape index (κ1) is 19.1. The Morgan fingerprint density at radius 2 is 1.52 bits per heavy atom. The maximum absolute atomic E-state index is 12.7. The van der Waals surface area contributed by atoms with Gasteiger partial charge in [-0.2, -0.15) is 31.4 Å². The molecule has 0 heterocycles. The summed E-state index contributed by atoms with van der Waals surface area (Å²) in [7, 11) is 0. The summed E-state index contributed by atoms with van der Waals surface area (Å²) in [4.78, 5) is 0. The summed E-state index contributed by atoms with van der Waals surface area (Å²) in [5.74, 6) is 0. The highest BCUT2D eigenvalue weighted by atomic mass is 35.5. The fraction of sp³-hybridized carbons (Fsp3) is 0.188. The van der Waals surface area contributed by atoms with Gasteiger partial charge in [0.05, 0.1) is 27.5 Å². The minimum absolute atomic E-state index is 0.00593. The van der Waals surface area contributed by atoms with Gasteiger partial charge in [0.25, 0.3) is 0 Å². The first-order chi connectivity index (χ1) is 11.5. The summed E-state index contributed by atoms with van der Waals surface area (Å²) in [6, 6.07) is 7.07. The zero-order chi connectivity index (χ0) is 18.8. The molecule has 9 heteroatoms. The standard InChI is InChI=1S/C16H11ClF6N2/c1-9(10-3-2-4-11(7-10)15(18,19)20)24-25-14-8-12(16(21,22)23)5-6-13(14)17/h2-8,25H,1H3/b24-9+. The van der Waals surface area contributed by atoms with E-state index in [1.165, 1.54) is 19.1 Å². The van der Waals surface area contributed by atoms with Crippen LogP contribution in [0.2, 0.25) is 5.02 Å². The van der Waals surface area contributed by atoms with E-state index in [0.29, 0.717) is 0 Å². The van der Waals surface area contributed by atoms with Gasteiger partial charge in [-0.1, -0.05) is 23.7 Å². The van der Waals surface area contributed by atoms with Gasteiger partial charge in [0.1, 0.15) is 0 Å². The van der Waals surface area contributed by atoms with Crippen LogP contribution in [0.3, 0.4) is 0 Å². The molecule has 0 aliphatic carbocycles. The van der Waals surface area contributed by atoms with Crippen LogP contribution in [0.25, 0.3) is 0 Å². The van der Waals surface area contributed by atoms with E-state index in [0.717, 1.165) is 30.3 Å². The third kappa shape index (κ3) is 4.88. The van der Waals surface area contributed by atoms with Crippen molar-refractivity contribution in [1.29, 1.82) is 0 Å². The van der Waals surface area contributed by atoms with Gasteiger partial charge in [-0.25, -0.2) is 0 Å². The van der Waals surface area contributed by atoms with Crippen molar-refractivity contribution in [2.24, 2.45) is 5.10 Å². The lowest BCUT2D eigenvalue weighted by Gasteiger charge is -2.11. The number of hydrazone groups is 1.